The van der Waals surface area contributed by atoms with E-state index in [0.29, 0.717) is 24.3 Å². The minimum absolute atomic E-state index is 0.0975. The molecule has 0 radical (unpaired) electrons. The second kappa shape index (κ2) is 9.76. The molecule has 2 aromatic rings. The van der Waals surface area contributed by atoms with Gasteiger partial charge in [-0.3, -0.25) is 9.59 Å². The van der Waals surface area contributed by atoms with E-state index < -0.39 is 0 Å². The molecule has 2 amide bonds. The zero-order valence-corrected chi connectivity index (χ0v) is 16.5. The van der Waals surface area contributed by atoms with E-state index in [1.165, 1.54) is 0 Å². The van der Waals surface area contributed by atoms with Crippen molar-refractivity contribution in [3.63, 3.8) is 0 Å². The molecular weight excluding hydrogens is 340 g/mol. The molecule has 5 nitrogen and oxygen atoms in total. The van der Waals surface area contributed by atoms with Gasteiger partial charge in [0.1, 0.15) is 5.75 Å². The van der Waals surface area contributed by atoms with Crippen LogP contribution < -0.4 is 15.4 Å². The highest BCUT2D eigenvalue weighted by molar-refractivity contribution is 5.95. The van der Waals surface area contributed by atoms with Crippen molar-refractivity contribution in [2.75, 3.05) is 6.61 Å². The number of ether oxygens (including phenoxy) is 1. The number of rotatable bonds is 8. The number of aryl methyl sites for hydroxylation is 1. The van der Waals surface area contributed by atoms with E-state index in [9.17, 15) is 9.59 Å². The molecule has 0 saturated heterocycles. The molecule has 27 heavy (non-hydrogen) atoms. The van der Waals surface area contributed by atoms with Crippen LogP contribution in [0.2, 0.25) is 0 Å². The summed E-state index contributed by atoms with van der Waals surface area (Å²) in [6.45, 7) is 8.79. The van der Waals surface area contributed by atoms with E-state index in [0.717, 1.165) is 23.3 Å². The van der Waals surface area contributed by atoms with Gasteiger partial charge in [0.05, 0.1) is 6.61 Å². The first-order valence-corrected chi connectivity index (χ1v) is 9.36. The molecule has 0 aromatic heterocycles. The second-order valence-corrected chi connectivity index (χ2v) is 6.58. The van der Waals surface area contributed by atoms with Gasteiger partial charge in [-0.1, -0.05) is 19.1 Å². The van der Waals surface area contributed by atoms with Crippen LogP contribution in [-0.2, 0) is 6.54 Å². The first-order chi connectivity index (χ1) is 12.9. The van der Waals surface area contributed by atoms with Crippen LogP contribution in [0.4, 0.5) is 0 Å². The maximum Gasteiger partial charge on any atom is 0.251 e. The summed E-state index contributed by atoms with van der Waals surface area (Å²) in [5, 5.41) is 5.85. The minimum atomic E-state index is -0.157. The van der Waals surface area contributed by atoms with Crippen LogP contribution in [0.1, 0.15) is 59.0 Å². The molecule has 0 aliphatic heterocycles. The van der Waals surface area contributed by atoms with Crippen LogP contribution in [0, 0.1) is 6.92 Å². The number of hydrogen-bond acceptors (Lipinski definition) is 3. The van der Waals surface area contributed by atoms with Crippen molar-refractivity contribution in [2.24, 2.45) is 0 Å². The van der Waals surface area contributed by atoms with E-state index in [4.69, 9.17) is 4.74 Å². The number of hydrogen-bond donors (Lipinski definition) is 2. The average molecular weight is 368 g/mol. The van der Waals surface area contributed by atoms with Crippen molar-refractivity contribution in [1.82, 2.24) is 10.6 Å². The van der Waals surface area contributed by atoms with Crippen LogP contribution in [0.25, 0.3) is 0 Å². The molecule has 1 atom stereocenters. The van der Waals surface area contributed by atoms with Crippen molar-refractivity contribution in [3.05, 3.63) is 64.7 Å². The van der Waals surface area contributed by atoms with E-state index >= 15 is 0 Å². The van der Waals surface area contributed by atoms with Crippen LogP contribution in [0.15, 0.2) is 42.5 Å². The first kappa shape index (κ1) is 20.5. The monoisotopic (exact) mass is 368 g/mol. The molecule has 0 aliphatic rings. The van der Waals surface area contributed by atoms with Crippen LogP contribution in [0.5, 0.6) is 5.75 Å². The molecule has 144 valence electrons. The zero-order chi connectivity index (χ0) is 19.8. The van der Waals surface area contributed by atoms with Crippen LogP contribution in [-0.4, -0.2) is 24.5 Å². The summed E-state index contributed by atoms with van der Waals surface area (Å²) in [6, 6.07) is 12.8. The molecule has 1 unspecified atom stereocenters. The molecule has 2 rings (SSSR count). The quantitative estimate of drug-likeness (QED) is 0.744. The third-order valence-electron chi connectivity index (χ3n) is 4.37. The minimum Gasteiger partial charge on any atom is -0.494 e. The summed E-state index contributed by atoms with van der Waals surface area (Å²) < 4.78 is 5.50. The zero-order valence-electron chi connectivity index (χ0n) is 16.5. The molecule has 0 bridgehead atoms. The lowest BCUT2D eigenvalue weighted by molar-refractivity contribution is 0.0936. The summed E-state index contributed by atoms with van der Waals surface area (Å²) >= 11 is 0. The Morgan fingerprint density at radius 1 is 1.04 bits per heavy atom. The Bertz CT molecular complexity index is 802. The molecular formula is C22H28N2O3. The average Bonchev–Trinajstić information content (AvgIpc) is 2.67. The van der Waals surface area contributed by atoms with E-state index in [1.54, 1.807) is 18.2 Å². The number of amides is 2. The van der Waals surface area contributed by atoms with Gasteiger partial charge < -0.3 is 15.4 Å². The van der Waals surface area contributed by atoms with Gasteiger partial charge in [-0.15, -0.1) is 0 Å². The second-order valence-electron chi connectivity index (χ2n) is 6.58. The third kappa shape index (κ3) is 5.84. The fourth-order valence-electron chi connectivity index (χ4n) is 2.62. The summed E-state index contributed by atoms with van der Waals surface area (Å²) in [7, 11) is 0. The Balaban J connectivity index is 2.00. The fraction of sp³-hybridized carbons (Fsp3) is 0.364. The molecule has 0 fully saturated rings. The summed E-state index contributed by atoms with van der Waals surface area (Å²) in [6.07, 6.45) is 0.878. The summed E-state index contributed by atoms with van der Waals surface area (Å²) in [5.41, 5.74) is 2.98. The van der Waals surface area contributed by atoms with Gasteiger partial charge in [-0.2, -0.15) is 0 Å². The summed E-state index contributed by atoms with van der Waals surface area (Å²) in [4.78, 5) is 24.6. The highest BCUT2D eigenvalue weighted by Gasteiger charge is 2.11. The van der Waals surface area contributed by atoms with Crippen LogP contribution >= 0.6 is 0 Å². The van der Waals surface area contributed by atoms with Gasteiger partial charge in [-0.05, 0) is 68.7 Å². The van der Waals surface area contributed by atoms with E-state index in [1.807, 2.05) is 52.0 Å². The number of carbonyl (C=O) groups is 2. The molecule has 0 aliphatic carbocycles. The Labute approximate surface area is 161 Å². The van der Waals surface area contributed by atoms with Gasteiger partial charge in [0.15, 0.2) is 0 Å². The number of carbonyl (C=O) groups excluding carboxylic acids is 2. The number of nitrogens with one attached hydrogen (secondary N) is 2. The normalized spacial score (nSPS) is 11.6. The maximum absolute atomic E-state index is 12.4. The largest absolute Gasteiger partial charge is 0.494 e. The first-order valence-electron chi connectivity index (χ1n) is 9.36. The molecule has 5 heteroatoms. The molecule has 0 saturated carbocycles. The highest BCUT2D eigenvalue weighted by atomic mass is 16.5. The third-order valence-corrected chi connectivity index (χ3v) is 4.37. The summed E-state index contributed by atoms with van der Waals surface area (Å²) in [5.74, 6) is 0.532. The van der Waals surface area contributed by atoms with Gasteiger partial charge in [-0.25, -0.2) is 0 Å². The van der Waals surface area contributed by atoms with Crippen molar-refractivity contribution < 1.29 is 14.3 Å². The maximum atomic E-state index is 12.4. The molecule has 2 N–H and O–H groups in total. The smallest absolute Gasteiger partial charge is 0.251 e. The Morgan fingerprint density at radius 3 is 2.44 bits per heavy atom. The molecule has 2 aromatic carbocycles. The lowest BCUT2D eigenvalue weighted by atomic mass is 10.1. The topological polar surface area (TPSA) is 67.4 Å². The Kier molecular flexibility index (Phi) is 7.41. The predicted octanol–water partition coefficient (Wildman–Crippen LogP) is 3.85. The fourth-order valence-corrected chi connectivity index (χ4v) is 2.62. The highest BCUT2D eigenvalue weighted by Crippen LogP contribution is 2.19. The number of benzene rings is 2. The van der Waals surface area contributed by atoms with Gasteiger partial charge >= 0.3 is 0 Å². The Hall–Kier alpha value is -2.82. The SMILES string of the molecule is CCOc1ccc(C(=O)NCc2cccc(C(=O)NC(C)CC)c2)cc1C. The van der Waals surface area contributed by atoms with Crippen molar-refractivity contribution in [1.29, 1.82) is 0 Å². The Morgan fingerprint density at radius 2 is 1.78 bits per heavy atom. The lowest BCUT2D eigenvalue weighted by Crippen LogP contribution is -2.32. The van der Waals surface area contributed by atoms with Gasteiger partial charge in [0.2, 0.25) is 0 Å². The van der Waals surface area contributed by atoms with Crippen molar-refractivity contribution in [3.8, 4) is 5.75 Å². The van der Waals surface area contributed by atoms with E-state index in [-0.39, 0.29) is 17.9 Å². The van der Waals surface area contributed by atoms with Gasteiger partial charge in [0.25, 0.3) is 11.8 Å². The van der Waals surface area contributed by atoms with Crippen LogP contribution in [0.3, 0.4) is 0 Å². The predicted molar refractivity (Wildman–Crippen MR) is 107 cm³/mol. The molecule has 0 spiro atoms. The van der Waals surface area contributed by atoms with Crippen molar-refractivity contribution >= 4 is 11.8 Å². The van der Waals surface area contributed by atoms with Gasteiger partial charge in [0, 0.05) is 23.7 Å². The lowest BCUT2D eigenvalue weighted by Gasteiger charge is -2.12. The van der Waals surface area contributed by atoms with Crippen molar-refractivity contribution in [2.45, 2.75) is 46.7 Å². The molecule has 0 heterocycles. The standard InChI is InChI=1S/C22H28N2O3/c1-5-16(4)24-22(26)18-9-7-8-17(13-18)14-23-21(25)19-10-11-20(27-6-2)15(3)12-19/h7-13,16H,5-6,14H2,1-4H3,(H,23,25)(H,24,26). The van der Waals surface area contributed by atoms with E-state index in [2.05, 4.69) is 10.6 Å².